The molecule has 0 radical (unpaired) electrons. The van der Waals surface area contributed by atoms with Gasteiger partial charge < -0.3 is 29.0 Å². The van der Waals surface area contributed by atoms with Crippen LogP contribution in [0.3, 0.4) is 0 Å². The number of hydrogen-bond acceptors (Lipinski definition) is 6. The van der Waals surface area contributed by atoms with Crippen molar-refractivity contribution in [2.45, 2.75) is 32.8 Å². The van der Waals surface area contributed by atoms with E-state index < -0.39 is 11.7 Å². The number of carbonyl (C=O) groups is 1. The van der Waals surface area contributed by atoms with Crippen molar-refractivity contribution >= 4 is 6.09 Å². The first-order valence-corrected chi connectivity index (χ1v) is 9.24. The molecule has 0 saturated carbocycles. The van der Waals surface area contributed by atoms with Crippen LogP contribution in [0.5, 0.6) is 5.75 Å². The topological polar surface area (TPSA) is 75.3 Å². The Hall–Kier alpha value is -1.83. The van der Waals surface area contributed by atoms with Gasteiger partial charge in [-0.2, -0.15) is 0 Å². The quantitative estimate of drug-likeness (QED) is 0.528. The van der Waals surface area contributed by atoms with Gasteiger partial charge in [0.15, 0.2) is 0 Å². The van der Waals surface area contributed by atoms with Crippen LogP contribution in [-0.4, -0.2) is 65.0 Å². The highest BCUT2D eigenvalue weighted by Crippen LogP contribution is 2.12. The fourth-order valence-corrected chi connectivity index (χ4v) is 2.06. The summed E-state index contributed by atoms with van der Waals surface area (Å²) in [5.74, 6) is 0.791. The minimum atomic E-state index is -0.482. The molecule has 27 heavy (non-hydrogen) atoms. The molecule has 0 aliphatic heterocycles. The molecular formula is C20H33NO6. The Morgan fingerprint density at radius 1 is 0.926 bits per heavy atom. The predicted molar refractivity (Wildman–Crippen MR) is 103 cm³/mol. The van der Waals surface area contributed by atoms with Crippen LogP contribution in [0.2, 0.25) is 0 Å². The summed E-state index contributed by atoms with van der Waals surface area (Å²) in [6.45, 7) is 9.30. The molecule has 154 valence electrons. The zero-order chi connectivity index (χ0) is 20.0. The standard InChI is InChI=1S/C20H33NO6/c1-20(2,3)27-19(22)21-10-9-17-5-7-18(8-6-17)26-16-15-25-14-13-24-12-11-23-4/h5-8H,9-16H2,1-4H3,(H,21,22). The first-order valence-electron chi connectivity index (χ1n) is 9.24. The van der Waals surface area contributed by atoms with Crippen molar-refractivity contribution in [1.82, 2.24) is 5.32 Å². The van der Waals surface area contributed by atoms with Crippen LogP contribution in [0.1, 0.15) is 26.3 Å². The second kappa shape index (κ2) is 13.4. The monoisotopic (exact) mass is 383 g/mol. The second-order valence-corrected chi connectivity index (χ2v) is 6.89. The molecule has 0 atom stereocenters. The van der Waals surface area contributed by atoms with E-state index in [0.717, 1.165) is 17.7 Å². The van der Waals surface area contributed by atoms with E-state index in [-0.39, 0.29) is 0 Å². The Bertz CT molecular complexity index is 512. The zero-order valence-corrected chi connectivity index (χ0v) is 16.9. The molecule has 1 aromatic carbocycles. The van der Waals surface area contributed by atoms with Gasteiger partial charge in [0.2, 0.25) is 0 Å². The molecule has 1 amide bonds. The molecule has 0 heterocycles. The number of benzene rings is 1. The van der Waals surface area contributed by atoms with Crippen LogP contribution in [0.15, 0.2) is 24.3 Å². The average Bonchev–Trinajstić information content (AvgIpc) is 2.60. The number of hydrogen-bond donors (Lipinski definition) is 1. The van der Waals surface area contributed by atoms with E-state index >= 15 is 0 Å². The molecule has 0 aromatic heterocycles. The highest BCUT2D eigenvalue weighted by atomic mass is 16.6. The van der Waals surface area contributed by atoms with E-state index in [1.165, 1.54) is 0 Å². The molecule has 0 fully saturated rings. The smallest absolute Gasteiger partial charge is 0.407 e. The molecule has 0 aliphatic rings. The first kappa shape index (κ1) is 23.2. The third kappa shape index (κ3) is 13.1. The minimum Gasteiger partial charge on any atom is -0.491 e. The molecule has 0 saturated heterocycles. The van der Waals surface area contributed by atoms with Crippen LogP contribution >= 0.6 is 0 Å². The summed E-state index contributed by atoms with van der Waals surface area (Å²) in [5, 5.41) is 2.75. The predicted octanol–water partition coefficient (Wildman–Crippen LogP) is 2.81. The van der Waals surface area contributed by atoms with Crippen LogP contribution in [0, 0.1) is 0 Å². The van der Waals surface area contributed by atoms with E-state index in [4.69, 9.17) is 23.7 Å². The molecule has 7 nitrogen and oxygen atoms in total. The fraction of sp³-hybridized carbons (Fsp3) is 0.650. The van der Waals surface area contributed by atoms with Crippen LogP contribution < -0.4 is 10.1 Å². The summed E-state index contributed by atoms with van der Waals surface area (Å²) < 4.78 is 26.4. The second-order valence-electron chi connectivity index (χ2n) is 6.89. The van der Waals surface area contributed by atoms with Gasteiger partial charge >= 0.3 is 6.09 Å². The molecule has 0 unspecified atom stereocenters. The summed E-state index contributed by atoms with van der Waals surface area (Å²) in [7, 11) is 1.64. The molecule has 7 heteroatoms. The minimum absolute atomic E-state index is 0.397. The third-order valence-corrected chi connectivity index (χ3v) is 3.31. The Balaban J connectivity index is 2.09. The van der Waals surface area contributed by atoms with Gasteiger partial charge in [-0.3, -0.25) is 0 Å². The lowest BCUT2D eigenvalue weighted by Crippen LogP contribution is -2.33. The molecular weight excluding hydrogens is 350 g/mol. The summed E-state index contributed by atoms with van der Waals surface area (Å²) in [6.07, 6.45) is 0.331. The van der Waals surface area contributed by atoms with E-state index in [0.29, 0.717) is 46.2 Å². The maximum Gasteiger partial charge on any atom is 0.407 e. The third-order valence-electron chi connectivity index (χ3n) is 3.31. The Morgan fingerprint density at radius 2 is 1.52 bits per heavy atom. The van der Waals surface area contributed by atoms with Crippen molar-refractivity contribution in [2.75, 3.05) is 53.3 Å². The van der Waals surface area contributed by atoms with Crippen molar-refractivity contribution in [2.24, 2.45) is 0 Å². The lowest BCUT2D eigenvalue weighted by Gasteiger charge is -2.19. The van der Waals surface area contributed by atoms with Gasteiger partial charge in [-0.25, -0.2) is 4.79 Å². The van der Waals surface area contributed by atoms with E-state index in [2.05, 4.69) is 5.32 Å². The lowest BCUT2D eigenvalue weighted by atomic mass is 10.1. The summed E-state index contributed by atoms with van der Waals surface area (Å²) in [5.41, 5.74) is 0.631. The number of ether oxygens (including phenoxy) is 5. The first-order chi connectivity index (χ1) is 12.9. The van der Waals surface area contributed by atoms with Crippen molar-refractivity contribution < 1.29 is 28.5 Å². The summed E-state index contributed by atoms with van der Waals surface area (Å²) in [6, 6.07) is 7.79. The number of alkyl carbamates (subject to hydrolysis) is 1. The van der Waals surface area contributed by atoms with E-state index in [1.807, 2.05) is 45.0 Å². The normalized spacial score (nSPS) is 11.3. The van der Waals surface area contributed by atoms with Crippen molar-refractivity contribution in [3.63, 3.8) is 0 Å². The molecule has 0 bridgehead atoms. The summed E-state index contributed by atoms with van der Waals surface area (Å²) in [4.78, 5) is 11.6. The summed E-state index contributed by atoms with van der Waals surface area (Å²) >= 11 is 0. The fourth-order valence-electron chi connectivity index (χ4n) is 2.06. The molecule has 1 N–H and O–H groups in total. The number of rotatable bonds is 13. The van der Waals surface area contributed by atoms with E-state index in [1.54, 1.807) is 7.11 Å². The molecule has 1 rings (SSSR count). The maximum absolute atomic E-state index is 11.6. The van der Waals surface area contributed by atoms with Gasteiger partial charge in [0.1, 0.15) is 18.0 Å². The van der Waals surface area contributed by atoms with Gasteiger partial charge in [0.25, 0.3) is 0 Å². The van der Waals surface area contributed by atoms with Gasteiger partial charge in [-0.15, -0.1) is 0 Å². The number of carbonyl (C=O) groups excluding carboxylic acids is 1. The Labute approximate surface area is 162 Å². The number of methoxy groups -OCH3 is 1. The van der Waals surface area contributed by atoms with Gasteiger partial charge in [0, 0.05) is 13.7 Å². The zero-order valence-electron chi connectivity index (χ0n) is 16.9. The van der Waals surface area contributed by atoms with Crippen molar-refractivity contribution in [1.29, 1.82) is 0 Å². The Kier molecular flexibility index (Phi) is 11.5. The van der Waals surface area contributed by atoms with Crippen molar-refractivity contribution in [3.8, 4) is 5.75 Å². The van der Waals surface area contributed by atoms with Crippen LogP contribution in [-0.2, 0) is 25.4 Å². The molecule has 0 spiro atoms. The van der Waals surface area contributed by atoms with Crippen molar-refractivity contribution in [3.05, 3.63) is 29.8 Å². The van der Waals surface area contributed by atoms with Crippen LogP contribution in [0.4, 0.5) is 4.79 Å². The number of amides is 1. The molecule has 1 aromatic rings. The Morgan fingerprint density at radius 3 is 2.11 bits per heavy atom. The van der Waals surface area contributed by atoms with Gasteiger partial charge in [-0.1, -0.05) is 12.1 Å². The highest BCUT2D eigenvalue weighted by Gasteiger charge is 2.15. The average molecular weight is 383 g/mol. The van der Waals surface area contributed by atoms with Gasteiger partial charge in [-0.05, 0) is 44.9 Å². The number of nitrogens with one attached hydrogen (secondary N) is 1. The van der Waals surface area contributed by atoms with E-state index in [9.17, 15) is 4.79 Å². The van der Waals surface area contributed by atoms with Crippen LogP contribution in [0.25, 0.3) is 0 Å². The molecule has 0 aliphatic carbocycles. The largest absolute Gasteiger partial charge is 0.491 e. The maximum atomic E-state index is 11.6. The lowest BCUT2D eigenvalue weighted by molar-refractivity contribution is 0.0180. The van der Waals surface area contributed by atoms with Gasteiger partial charge in [0.05, 0.1) is 33.0 Å². The highest BCUT2D eigenvalue weighted by molar-refractivity contribution is 5.67. The SMILES string of the molecule is COCCOCCOCCOc1ccc(CCNC(=O)OC(C)(C)C)cc1.